The minimum Gasteiger partial charge on any atom is -0.459 e. The standard InChI is InChI=1S/C30H37ClFN5O6/c1-17(32)28(42)37(16-22(38)43-30(5,6)7)36-26(40)23(18-11-9-8-10-12-18)34-27(41)24(29(2,3)4)35-25(39)19-13-14-21(33)20(31)15-19/h8-15,23-24H,1,16,33H2,2-7H3,(H,34,41)(H,35,39)(H,36,40)/t23?,24-/m1/s1. The molecule has 0 radical (unpaired) electrons. The van der Waals surface area contributed by atoms with Crippen LogP contribution < -0.4 is 21.8 Å². The van der Waals surface area contributed by atoms with Crippen LogP contribution in [-0.2, 0) is 23.9 Å². The van der Waals surface area contributed by atoms with Crippen LogP contribution in [0.3, 0.4) is 0 Å². The fraction of sp³-hybridized carbons (Fsp3) is 0.367. The van der Waals surface area contributed by atoms with Crippen molar-refractivity contribution in [1.29, 1.82) is 0 Å². The molecule has 0 bridgehead atoms. The monoisotopic (exact) mass is 617 g/mol. The maximum absolute atomic E-state index is 13.8. The van der Waals surface area contributed by atoms with Gasteiger partial charge in [-0.2, -0.15) is 0 Å². The van der Waals surface area contributed by atoms with E-state index in [1.807, 2.05) is 0 Å². The van der Waals surface area contributed by atoms with Crippen molar-refractivity contribution in [2.24, 2.45) is 5.41 Å². The van der Waals surface area contributed by atoms with Gasteiger partial charge in [-0.25, -0.2) is 9.40 Å². The topological polar surface area (TPSA) is 160 Å². The minimum absolute atomic E-state index is 0.154. The van der Waals surface area contributed by atoms with Crippen LogP contribution in [0.4, 0.5) is 10.1 Å². The summed E-state index contributed by atoms with van der Waals surface area (Å²) in [5.41, 5.74) is 6.87. The van der Waals surface area contributed by atoms with E-state index in [-0.39, 0.29) is 16.3 Å². The smallest absolute Gasteiger partial charge is 0.328 e. The average molecular weight is 618 g/mol. The Morgan fingerprint density at radius 3 is 2.09 bits per heavy atom. The number of carbonyl (C=O) groups is 5. The van der Waals surface area contributed by atoms with Crippen molar-refractivity contribution >= 4 is 46.9 Å². The molecule has 0 fully saturated rings. The van der Waals surface area contributed by atoms with Crippen molar-refractivity contribution in [3.8, 4) is 0 Å². The van der Waals surface area contributed by atoms with Crippen LogP contribution in [0, 0.1) is 5.41 Å². The van der Waals surface area contributed by atoms with Gasteiger partial charge in [-0.3, -0.25) is 29.4 Å². The van der Waals surface area contributed by atoms with Crippen molar-refractivity contribution in [3.05, 3.63) is 77.1 Å². The number of anilines is 1. The molecule has 5 N–H and O–H groups in total. The molecule has 0 heterocycles. The zero-order valence-electron chi connectivity index (χ0n) is 24.9. The van der Waals surface area contributed by atoms with E-state index in [2.05, 4.69) is 22.6 Å². The Labute approximate surface area is 254 Å². The van der Waals surface area contributed by atoms with Gasteiger partial charge in [0.05, 0.1) is 10.7 Å². The molecular formula is C30H37ClFN5O6. The number of nitrogens with one attached hydrogen (secondary N) is 3. The Balaban J connectivity index is 2.38. The normalized spacial score (nSPS) is 12.7. The first-order chi connectivity index (χ1) is 19.8. The van der Waals surface area contributed by atoms with Crippen LogP contribution in [-0.4, -0.2) is 52.8 Å². The van der Waals surface area contributed by atoms with E-state index >= 15 is 0 Å². The van der Waals surface area contributed by atoms with Crippen molar-refractivity contribution in [1.82, 2.24) is 21.1 Å². The quantitative estimate of drug-likeness (QED) is 0.145. The van der Waals surface area contributed by atoms with Gasteiger partial charge in [-0.1, -0.05) is 69.3 Å². The van der Waals surface area contributed by atoms with Crippen molar-refractivity contribution in [3.63, 3.8) is 0 Å². The van der Waals surface area contributed by atoms with Crippen molar-refractivity contribution < 1.29 is 33.1 Å². The molecule has 0 saturated heterocycles. The summed E-state index contributed by atoms with van der Waals surface area (Å²) in [6.45, 7) is 12.0. The van der Waals surface area contributed by atoms with E-state index in [1.54, 1.807) is 71.9 Å². The van der Waals surface area contributed by atoms with E-state index in [1.165, 1.54) is 18.2 Å². The maximum Gasteiger partial charge on any atom is 0.328 e. The van der Waals surface area contributed by atoms with Crippen molar-refractivity contribution in [2.45, 2.75) is 59.2 Å². The highest BCUT2D eigenvalue weighted by atomic mass is 35.5. The zero-order chi connectivity index (χ0) is 32.7. The lowest BCUT2D eigenvalue weighted by atomic mass is 9.85. The molecule has 0 aliphatic carbocycles. The first-order valence-corrected chi connectivity index (χ1v) is 13.6. The third-order valence-corrected chi connectivity index (χ3v) is 6.10. The Morgan fingerprint density at radius 1 is 0.977 bits per heavy atom. The Morgan fingerprint density at radius 2 is 1.58 bits per heavy atom. The molecule has 11 nitrogen and oxygen atoms in total. The van der Waals surface area contributed by atoms with Crippen LogP contribution in [0.15, 0.2) is 60.9 Å². The van der Waals surface area contributed by atoms with Gasteiger partial charge in [0.25, 0.3) is 11.8 Å². The number of nitrogens with two attached hydrogens (primary N) is 1. The van der Waals surface area contributed by atoms with Crippen LogP contribution in [0.1, 0.15) is 63.5 Å². The number of nitrogen functional groups attached to an aromatic ring is 1. The number of ether oxygens (including phenoxy) is 1. The number of esters is 1. The van der Waals surface area contributed by atoms with E-state index in [9.17, 15) is 28.4 Å². The number of benzene rings is 2. The second kappa shape index (κ2) is 14.1. The lowest BCUT2D eigenvalue weighted by molar-refractivity contribution is -0.161. The predicted molar refractivity (Wildman–Crippen MR) is 160 cm³/mol. The molecule has 0 aliphatic heterocycles. The second-order valence-electron chi connectivity index (χ2n) is 11.7. The summed E-state index contributed by atoms with van der Waals surface area (Å²) in [7, 11) is 0. The van der Waals surface area contributed by atoms with Gasteiger partial charge in [0.15, 0.2) is 5.83 Å². The molecule has 4 amide bonds. The highest BCUT2D eigenvalue weighted by Gasteiger charge is 2.36. The molecule has 2 atom stereocenters. The number of amides is 4. The lowest BCUT2D eigenvalue weighted by Gasteiger charge is -2.32. The Hall–Kier alpha value is -4.45. The fourth-order valence-electron chi connectivity index (χ4n) is 3.74. The molecule has 13 heteroatoms. The summed E-state index contributed by atoms with van der Waals surface area (Å²) in [6, 6.07) is 9.65. The predicted octanol–water partition coefficient (Wildman–Crippen LogP) is 3.61. The number of carbonyl (C=O) groups excluding carboxylic acids is 5. The molecule has 43 heavy (non-hydrogen) atoms. The summed E-state index contributed by atoms with van der Waals surface area (Å²) in [5.74, 6) is -6.11. The summed E-state index contributed by atoms with van der Waals surface area (Å²) in [5, 5.41) is 5.84. The summed E-state index contributed by atoms with van der Waals surface area (Å²) in [4.78, 5) is 65.1. The molecular weight excluding hydrogens is 581 g/mol. The third kappa shape index (κ3) is 10.4. The number of halogens is 2. The third-order valence-electron chi connectivity index (χ3n) is 5.78. The largest absolute Gasteiger partial charge is 0.459 e. The van der Waals surface area contributed by atoms with E-state index < -0.39 is 65.1 Å². The van der Waals surface area contributed by atoms with Gasteiger partial charge in [0.2, 0.25) is 5.91 Å². The SMILES string of the molecule is C=C(F)C(=O)N(CC(=O)OC(C)(C)C)NC(=O)C(NC(=O)[C@@H](NC(=O)c1ccc(N)c(Cl)c1)C(C)(C)C)c1ccccc1. The van der Waals surface area contributed by atoms with E-state index in [0.717, 1.165) is 0 Å². The van der Waals surface area contributed by atoms with Gasteiger partial charge in [0.1, 0.15) is 24.2 Å². The Kier molecular flexibility index (Phi) is 11.4. The molecule has 0 aliphatic rings. The number of nitrogens with zero attached hydrogens (tertiary/aromatic N) is 1. The molecule has 2 aromatic rings. The van der Waals surface area contributed by atoms with Gasteiger partial charge in [-0.05, 0) is 49.9 Å². The lowest BCUT2D eigenvalue weighted by Crippen LogP contribution is -2.57. The molecule has 2 rings (SSSR count). The fourth-order valence-corrected chi connectivity index (χ4v) is 3.92. The van der Waals surface area contributed by atoms with Gasteiger partial charge in [-0.15, -0.1) is 0 Å². The van der Waals surface area contributed by atoms with Crippen molar-refractivity contribution in [2.75, 3.05) is 12.3 Å². The molecule has 0 spiro atoms. The first kappa shape index (κ1) is 34.7. The zero-order valence-corrected chi connectivity index (χ0v) is 25.7. The van der Waals surface area contributed by atoms with E-state index in [0.29, 0.717) is 10.6 Å². The highest BCUT2D eigenvalue weighted by Crippen LogP contribution is 2.24. The average Bonchev–Trinajstić information content (AvgIpc) is 2.89. The molecule has 0 saturated carbocycles. The van der Waals surface area contributed by atoms with Crippen LogP contribution in [0.2, 0.25) is 5.02 Å². The number of hydrogen-bond donors (Lipinski definition) is 4. The number of rotatable bonds is 9. The minimum atomic E-state index is -1.44. The summed E-state index contributed by atoms with van der Waals surface area (Å²) >= 11 is 6.05. The highest BCUT2D eigenvalue weighted by molar-refractivity contribution is 6.33. The first-order valence-electron chi connectivity index (χ1n) is 13.2. The van der Waals surface area contributed by atoms with E-state index in [4.69, 9.17) is 22.1 Å². The molecule has 232 valence electrons. The summed E-state index contributed by atoms with van der Waals surface area (Å²) in [6.07, 6.45) is 0. The van der Waals surface area contributed by atoms with Gasteiger partial charge < -0.3 is 21.1 Å². The Bertz CT molecular complexity index is 1390. The summed E-state index contributed by atoms with van der Waals surface area (Å²) < 4.78 is 19.0. The second-order valence-corrected chi connectivity index (χ2v) is 12.1. The van der Waals surface area contributed by atoms with Crippen LogP contribution in [0.5, 0.6) is 0 Å². The molecule has 2 aromatic carbocycles. The molecule has 1 unspecified atom stereocenters. The van der Waals surface area contributed by atoms with Crippen LogP contribution in [0.25, 0.3) is 0 Å². The maximum atomic E-state index is 13.8. The van der Waals surface area contributed by atoms with Gasteiger partial charge in [0, 0.05) is 5.56 Å². The number of hydrazine groups is 1. The number of hydrogen-bond acceptors (Lipinski definition) is 7. The molecule has 0 aromatic heterocycles. The van der Waals surface area contributed by atoms with Crippen LogP contribution >= 0.6 is 11.6 Å². The van der Waals surface area contributed by atoms with Gasteiger partial charge >= 0.3 is 11.9 Å².